The number of rotatable bonds is 21. The number of H-pyrrole nitrogens is 1. The van der Waals surface area contributed by atoms with Crippen LogP contribution in [-0.4, -0.2) is 77.7 Å². The normalized spacial score (nSPS) is 13.1. The lowest BCUT2D eigenvalue weighted by Gasteiger charge is -2.27. The molecule has 0 bridgehead atoms. The predicted octanol–water partition coefficient (Wildman–Crippen LogP) is 1.87. The minimum absolute atomic E-state index is 0.0523. The fraction of sp³-hybridized carbons (Fsp3) is 0.318. The maximum atomic E-state index is 14.5. The minimum Gasteiger partial charge on any atom is -0.370 e. The summed E-state index contributed by atoms with van der Waals surface area (Å²) in [6, 6.07) is 25.8. The molecular formula is C44H54N10O5. The Labute approximate surface area is 343 Å². The smallest absolute Gasteiger partial charge is 0.243 e. The van der Waals surface area contributed by atoms with E-state index in [1.165, 1.54) is 0 Å². The first-order valence-electron chi connectivity index (χ1n) is 19.7. The van der Waals surface area contributed by atoms with Crippen LogP contribution in [0.25, 0.3) is 21.7 Å². The lowest BCUT2D eigenvalue weighted by molar-refractivity contribution is -0.134. The van der Waals surface area contributed by atoms with Gasteiger partial charge in [-0.05, 0) is 66.3 Å². The van der Waals surface area contributed by atoms with Gasteiger partial charge in [0, 0.05) is 48.8 Å². The fourth-order valence-corrected chi connectivity index (χ4v) is 7.02. The molecule has 0 radical (unpaired) electrons. The van der Waals surface area contributed by atoms with Crippen LogP contribution in [-0.2, 0) is 43.2 Å². The summed E-state index contributed by atoms with van der Waals surface area (Å²) in [6.45, 7) is 2.42. The number of aryl methyl sites for hydroxylation is 1. The Hall–Kier alpha value is -6.74. The molecule has 0 saturated carbocycles. The number of hydrogen-bond acceptors (Lipinski definition) is 7. The third-order valence-electron chi connectivity index (χ3n) is 10.1. The zero-order chi connectivity index (χ0) is 42.3. The van der Waals surface area contributed by atoms with Gasteiger partial charge in [0.05, 0.1) is 0 Å². The number of amides is 5. The highest BCUT2D eigenvalue weighted by atomic mass is 16.2. The highest BCUT2D eigenvalue weighted by Crippen LogP contribution is 2.24. The van der Waals surface area contributed by atoms with E-state index in [1.807, 2.05) is 104 Å². The number of aliphatic imine (C=N–C) groups is 1. The molecule has 5 amide bonds. The first-order valence-corrected chi connectivity index (χ1v) is 19.7. The Morgan fingerprint density at radius 1 is 0.644 bits per heavy atom. The van der Waals surface area contributed by atoms with Gasteiger partial charge in [-0.1, -0.05) is 91.0 Å². The first kappa shape index (κ1) is 43.4. The molecule has 13 N–H and O–H groups in total. The number of fused-ring (bicyclic) bond motifs is 2. The summed E-state index contributed by atoms with van der Waals surface area (Å²) in [4.78, 5) is 75.8. The minimum atomic E-state index is -1.20. The zero-order valence-corrected chi connectivity index (χ0v) is 33.2. The number of benzene rings is 4. The van der Waals surface area contributed by atoms with Gasteiger partial charge < -0.3 is 49.2 Å². The SMILES string of the molecule is Cc1[nH]c2ccccc2c1C[C@@H](NC(=O)CCCN)C(=O)N[C@H](Cc1ccc2ccccc2c1)C(=O)N[C@@H](Cc1ccccc1)C(=O)N[C@@H](CCCN=C(N)N)C(N)=O. The summed E-state index contributed by atoms with van der Waals surface area (Å²) in [5, 5.41) is 14.2. The first-order chi connectivity index (χ1) is 28.4. The third kappa shape index (κ3) is 12.6. The Kier molecular flexibility index (Phi) is 15.5. The van der Waals surface area contributed by atoms with E-state index in [4.69, 9.17) is 22.9 Å². The number of nitrogens with zero attached hydrogens (tertiary/aromatic N) is 1. The lowest BCUT2D eigenvalue weighted by atomic mass is 9.98. The average molecular weight is 803 g/mol. The molecule has 15 heteroatoms. The van der Waals surface area contributed by atoms with Crippen molar-refractivity contribution in [3.8, 4) is 0 Å². The molecule has 5 aromatic rings. The number of nitrogens with two attached hydrogens (primary N) is 4. The Morgan fingerprint density at radius 2 is 1.24 bits per heavy atom. The number of hydrogen-bond donors (Lipinski definition) is 9. The number of para-hydroxylation sites is 1. The van der Waals surface area contributed by atoms with E-state index in [1.54, 1.807) is 0 Å². The second kappa shape index (κ2) is 21.1. The molecule has 0 aliphatic heterocycles. The Bertz CT molecular complexity index is 2270. The summed E-state index contributed by atoms with van der Waals surface area (Å²) >= 11 is 0. The van der Waals surface area contributed by atoms with Crippen LogP contribution in [0.1, 0.15) is 48.1 Å². The van der Waals surface area contributed by atoms with Crippen LogP contribution in [0.5, 0.6) is 0 Å². The van der Waals surface area contributed by atoms with Gasteiger partial charge in [0.2, 0.25) is 29.5 Å². The van der Waals surface area contributed by atoms with Crippen molar-refractivity contribution >= 4 is 57.2 Å². The molecule has 4 atom stereocenters. The number of nitrogens with one attached hydrogen (secondary N) is 5. The van der Waals surface area contributed by atoms with Gasteiger partial charge in [-0.3, -0.25) is 29.0 Å². The van der Waals surface area contributed by atoms with Crippen molar-refractivity contribution in [2.75, 3.05) is 13.1 Å². The number of aromatic amines is 1. The molecule has 310 valence electrons. The fourth-order valence-electron chi connectivity index (χ4n) is 7.02. The van der Waals surface area contributed by atoms with Gasteiger partial charge in [-0.15, -0.1) is 0 Å². The molecule has 0 spiro atoms. The number of guanidine groups is 1. The van der Waals surface area contributed by atoms with Gasteiger partial charge in [-0.2, -0.15) is 0 Å². The molecule has 0 fully saturated rings. The van der Waals surface area contributed by atoms with E-state index < -0.39 is 47.8 Å². The van der Waals surface area contributed by atoms with Crippen LogP contribution in [0.3, 0.4) is 0 Å². The molecule has 59 heavy (non-hydrogen) atoms. The molecule has 0 aliphatic rings. The van der Waals surface area contributed by atoms with Gasteiger partial charge in [0.15, 0.2) is 5.96 Å². The highest BCUT2D eigenvalue weighted by Gasteiger charge is 2.32. The maximum absolute atomic E-state index is 14.5. The molecule has 1 aromatic heterocycles. The van der Waals surface area contributed by atoms with E-state index in [-0.39, 0.29) is 50.5 Å². The van der Waals surface area contributed by atoms with Crippen molar-refractivity contribution < 1.29 is 24.0 Å². The van der Waals surface area contributed by atoms with Gasteiger partial charge in [0.1, 0.15) is 24.2 Å². The largest absolute Gasteiger partial charge is 0.370 e. The molecule has 0 aliphatic carbocycles. The molecular weight excluding hydrogens is 749 g/mol. The second-order valence-electron chi connectivity index (χ2n) is 14.6. The van der Waals surface area contributed by atoms with E-state index >= 15 is 0 Å². The molecule has 4 aromatic carbocycles. The highest BCUT2D eigenvalue weighted by molar-refractivity contribution is 5.96. The maximum Gasteiger partial charge on any atom is 0.243 e. The number of aromatic nitrogens is 1. The van der Waals surface area contributed by atoms with Crippen molar-refractivity contribution in [1.29, 1.82) is 0 Å². The van der Waals surface area contributed by atoms with E-state index in [9.17, 15) is 24.0 Å². The quantitative estimate of drug-likeness (QED) is 0.0300. The number of carbonyl (C=O) groups excluding carboxylic acids is 5. The summed E-state index contributed by atoms with van der Waals surface area (Å²) in [6.07, 6.45) is 1.30. The van der Waals surface area contributed by atoms with Crippen molar-refractivity contribution in [2.45, 2.75) is 76.0 Å². The van der Waals surface area contributed by atoms with Gasteiger partial charge in [-0.25, -0.2) is 0 Å². The van der Waals surface area contributed by atoms with Crippen LogP contribution < -0.4 is 44.2 Å². The average Bonchev–Trinajstić information content (AvgIpc) is 3.54. The summed E-state index contributed by atoms with van der Waals surface area (Å²) in [5.41, 5.74) is 26.3. The monoisotopic (exact) mass is 802 g/mol. The zero-order valence-electron chi connectivity index (χ0n) is 33.2. The summed E-state index contributed by atoms with van der Waals surface area (Å²) in [7, 11) is 0. The standard InChI is InChI=1S/C44H54N10O5/c1-27-33(32-15-7-8-16-34(32)50-27)26-38(51-39(55)18-9-21-45)43(59)54-37(25-29-19-20-30-13-5-6-14-31(30)23-29)42(58)53-36(24-28-11-3-2-4-12-28)41(57)52-35(40(46)56)17-10-22-49-44(47)48/h2-8,11-16,19-20,23,35-38,50H,9-10,17-18,21-22,24-26,45H2,1H3,(H2,46,56)(H,51,55)(H,52,57)(H,53,58)(H,54,59)(H4,47,48,49)/t35-,36-,37+,38+/m0/s1. The Morgan fingerprint density at radius 3 is 1.90 bits per heavy atom. The topological polar surface area (TPSA) is 266 Å². The van der Waals surface area contributed by atoms with Gasteiger partial charge in [0.25, 0.3) is 0 Å². The molecule has 0 unspecified atom stereocenters. The van der Waals surface area contributed by atoms with Crippen molar-refractivity contribution in [2.24, 2.45) is 27.9 Å². The number of carbonyl (C=O) groups is 5. The van der Waals surface area contributed by atoms with Crippen LogP contribution in [0, 0.1) is 6.92 Å². The van der Waals surface area contributed by atoms with Crippen molar-refractivity contribution in [3.05, 3.63) is 119 Å². The molecule has 5 rings (SSSR count). The Balaban J connectivity index is 1.45. The third-order valence-corrected chi connectivity index (χ3v) is 10.1. The number of primary amides is 1. The van der Waals surface area contributed by atoms with E-state index in [0.717, 1.165) is 44.1 Å². The molecule has 1 heterocycles. The van der Waals surface area contributed by atoms with Crippen LogP contribution in [0.15, 0.2) is 102 Å². The summed E-state index contributed by atoms with van der Waals surface area (Å²) in [5.74, 6) is -3.11. The second-order valence-corrected chi connectivity index (χ2v) is 14.6. The van der Waals surface area contributed by atoms with Gasteiger partial charge >= 0.3 is 0 Å². The van der Waals surface area contributed by atoms with Crippen molar-refractivity contribution in [3.63, 3.8) is 0 Å². The van der Waals surface area contributed by atoms with E-state index in [2.05, 4.69) is 31.2 Å². The summed E-state index contributed by atoms with van der Waals surface area (Å²) < 4.78 is 0. The van der Waals surface area contributed by atoms with Crippen molar-refractivity contribution in [1.82, 2.24) is 26.3 Å². The molecule has 0 saturated heterocycles. The van der Waals surface area contributed by atoms with E-state index in [0.29, 0.717) is 19.4 Å². The molecule has 15 nitrogen and oxygen atoms in total. The van der Waals surface area contributed by atoms with Crippen LogP contribution in [0.2, 0.25) is 0 Å². The predicted molar refractivity (Wildman–Crippen MR) is 230 cm³/mol. The lowest BCUT2D eigenvalue weighted by Crippen LogP contribution is -2.59. The van der Waals surface area contributed by atoms with Crippen LogP contribution >= 0.6 is 0 Å². The van der Waals surface area contributed by atoms with Crippen LogP contribution in [0.4, 0.5) is 0 Å².